The van der Waals surface area contributed by atoms with E-state index in [9.17, 15) is 9.59 Å². The highest BCUT2D eigenvalue weighted by atomic mass is 79.9. The summed E-state index contributed by atoms with van der Waals surface area (Å²) in [6.45, 7) is 5.04. The lowest BCUT2D eigenvalue weighted by Crippen LogP contribution is -2.54. The van der Waals surface area contributed by atoms with E-state index in [1.54, 1.807) is 0 Å². The van der Waals surface area contributed by atoms with E-state index < -0.39 is 0 Å². The van der Waals surface area contributed by atoms with Gasteiger partial charge in [0.1, 0.15) is 0 Å². The van der Waals surface area contributed by atoms with Gasteiger partial charge in [0.25, 0.3) is 0 Å². The van der Waals surface area contributed by atoms with Crippen molar-refractivity contribution in [1.29, 1.82) is 0 Å². The molecule has 4 fully saturated rings. The molecule has 2 aromatic rings. The van der Waals surface area contributed by atoms with Crippen LogP contribution in [0.3, 0.4) is 0 Å². The number of nitrogens with one attached hydrogen (secondary N) is 1. The van der Waals surface area contributed by atoms with Crippen LogP contribution in [0.5, 0.6) is 0 Å². The molecular weight excluding hydrogens is 514 g/mol. The zero-order valence-corrected chi connectivity index (χ0v) is 22.5. The highest BCUT2D eigenvalue weighted by molar-refractivity contribution is 9.10. The maximum atomic E-state index is 13.7. The summed E-state index contributed by atoms with van der Waals surface area (Å²) in [7, 11) is 0. The normalized spacial score (nSPS) is 27.0. The summed E-state index contributed by atoms with van der Waals surface area (Å²) in [4.78, 5) is 31.8. The smallest absolute Gasteiger partial charge is 0.229 e. The second-order valence-electron chi connectivity index (χ2n) is 11.4. The summed E-state index contributed by atoms with van der Waals surface area (Å²) in [6, 6.07) is 19.0. The quantitative estimate of drug-likeness (QED) is 0.547. The fraction of sp³-hybridized carbons (Fsp3) is 0.533. The van der Waals surface area contributed by atoms with Crippen LogP contribution in [0.4, 0.5) is 0 Å². The van der Waals surface area contributed by atoms with E-state index in [-0.39, 0.29) is 17.4 Å². The molecule has 2 aromatic carbocycles. The van der Waals surface area contributed by atoms with Gasteiger partial charge < -0.3 is 10.2 Å². The predicted molar refractivity (Wildman–Crippen MR) is 144 cm³/mol. The number of benzene rings is 2. The zero-order valence-electron chi connectivity index (χ0n) is 20.9. The topological polar surface area (TPSA) is 52.7 Å². The Morgan fingerprint density at radius 3 is 2.36 bits per heavy atom. The second kappa shape index (κ2) is 10.0. The Bertz CT molecular complexity index is 1090. The van der Waals surface area contributed by atoms with Crippen molar-refractivity contribution in [2.45, 2.75) is 50.6 Å². The van der Waals surface area contributed by atoms with Crippen LogP contribution in [0.2, 0.25) is 0 Å². The van der Waals surface area contributed by atoms with E-state index >= 15 is 0 Å². The molecular formula is C30H36BrN3O2. The monoisotopic (exact) mass is 549 g/mol. The number of piperidine rings is 1. The van der Waals surface area contributed by atoms with Crippen molar-refractivity contribution in [2.75, 3.05) is 32.7 Å². The molecule has 1 N–H and O–H groups in total. The molecule has 3 saturated heterocycles. The standard InChI is InChI=1S/C30H36BrN3O2/c31-24-10-6-21(7-11-24)20-34-17-14-30(29(34)36)12-15-33(16-13-30)27(28(35)23-8-9-23)26-19-32-18-25(26)22-4-2-1-3-5-22/h1-7,10-11,23,25-27,32H,8-9,12-20H2/t25-,26-,27?/m1/s1. The minimum Gasteiger partial charge on any atom is -0.338 e. The third-order valence-electron chi connectivity index (χ3n) is 9.20. The molecule has 190 valence electrons. The van der Waals surface area contributed by atoms with Gasteiger partial charge in [-0.05, 0) is 68.5 Å². The molecule has 1 aliphatic carbocycles. The van der Waals surface area contributed by atoms with E-state index in [1.807, 2.05) is 12.1 Å². The van der Waals surface area contributed by atoms with Crippen molar-refractivity contribution in [3.05, 3.63) is 70.2 Å². The fourth-order valence-electron chi connectivity index (χ4n) is 6.92. The van der Waals surface area contributed by atoms with Crippen molar-refractivity contribution in [1.82, 2.24) is 15.1 Å². The third kappa shape index (κ3) is 4.68. The highest BCUT2D eigenvalue weighted by Crippen LogP contribution is 2.45. The summed E-state index contributed by atoms with van der Waals surface area (Å²) in [5, 5.41) is 3.60. The minimum absolute atomic E-state index is 0.0366. The molecule has 1 spiro atoms. The average Bonchev–Trinajstić information content (AvgIpc) is 3.59. The van der Waals surface area contributed by atoms with E-state index in [2.05, 4.69) is 73.5 Å². The number of amides is 1. The van der Waals surface area contributed by atoms with Crippen LogP contribution < -0.4 is 5.32 Å². The molecule has 3 atom stereocenters. The minimum atomic E-state index is -0.244. The Hall–Kier alpha value is -2.02. The molecule has 6 heteroatoms. The predicted octanol–water partition coefficient (Wildman–Crippen LogP) is 4.61. The van der Waals surface area contributed by atoms with Crippen molar-refractivity contribution in [3.63, 3.8) is 0 Å². The lowest BCUT2D eigenvalue weighted by atomic mass is 9.74. The van der Waals surface area contributed by atoms with Gasteiger partial charge in [0.2, 0.25) is 5.91 Å². The van der Waals surface area contributed by atoms with Gasteiger partial charge in [-0.1, -0.05) is 58.4 Å². The number of carbonyl (C=O) groups excluding carboxylic acids is 2. The maximum absolute atomic E-state index is 13.7. The molecule has 1 unspecified atom stereocenters. The SMILES string of the molecule is O=C(C1CC1)C([C@@H]1CNC[C@@H]1c1ccccc1)N1CCC2(CCN(Cc3ccc(Br)cc3)C2=O)CC1. The van der Waals surface area contributed by atoms with Crippen LogP contribution in [-0.2, 0) is 16.1 Å². The van der Waals surface area contributed by atoms with E-state index in [1.165, 1.54) is 11.1 Å². The largest absolute Gasteiger partial charge is 0.338 e. The van der Waals surface area contributed by atoms with Crippen molar-refractivity contribution in [2.24, 2.45) is 17.3 Å². The first kappa shape index (κ1) is 24.3. The van der Waals surface area contributed by atoms with Gasteiger partial charge in [-0.25, -0.2) is 0 Å². The first-order valence-electron chi connectivity index (χ1n) is 13.6. The van der Waals surface area contributed by atoms with Gasteiger partial charge in [-0.15, -0.1) is 0 Å². The van der Waals surface area contributed by atoms with Gasteiger partial charge >= 0.3 is 0 Å². The summed E-state index contributed by atoms with van der Waals surface area (Å²) < 4.78 is 1.06. The number of nitrogens with zero attached hydrogens (tertiary/aromatic N) is 2. The maximum Gasteiger partial charge on any atom is 0.229 e. The van der Waals surface area contributed by atoms with Gasteiger partial charge in [-0.3, -0.25) is 14.5 Å². The lowest BCUT2D eigenvalue weighted by molar-refractivity contribution is -0.140. The third-order valence-corrected chi connectivity index (χ3v) is 9.73. The van der Waals surface area contributed by atoms with Crippen LogP contribution in [0.1, 0.15) is 49.1 Å². The Morgan fingerprint density at radius 2 is 1.67 bits per heavy atom. The van der Waals surface area contributed by atoms with Gasteiger partial charge in [0.15, 0.2) is 5.78 Å². The summed E-state index contributed by atoms with van der Waals surface area (Å²) >= 11 is 3.50. The van der Waals surface area contributed by atoms with Crippen molar-refractivity contribution < 1.29 is 9.59 Å². The number of hydrogen-bond acceptors (Lipinski definition) is 4. The molecule has 3 heterocycles. The van der Waals surface area contributed by atoms with E-state index in [4.69, 9.17) is 0 Å². The Balaban J connectivity index is 1.16. The van der Waals surface area contributed by atoms with Gasteiger partial charge in [0, 0.05) is 48.4 Å². The molecule has 1 saturated carbocycles. The number of halogens is 1. The van der Waals surface area contributed by atoms with E-state index in [0.29, 0.717) is 30.1 Å². The summed E-state index contributed by atoms with van der Waals surface area (Å²) in [6.07, 6.45) is 4.77. The van der Waals surface area contributed by atoms with Gasteiger partial charge in [-0.2, -0.15) is 0 Å². The second-order valence-corrected chi connectivity index (χ2v) is 12.3. The summed E-state index contributed by atoms with van der Waals surface area (Å²) in [5.41, 5.74) is 2.27. The lowest BCUT2D eigenvalue weighted by Gasteiger charge is -2.44. The Labute approximate surface area is 222 Å². The molecule has 3 aliphatic heterocycles. The van der Waals surface area contributed by atoms with Crippen molar-refractivity contribution in [3.8, 4) is 0 Å². The van der Waals surface area contributed by atoms with Crippen LogP contribution >= 0.6 is 15.9 Å². The number of likely N-dealkylation sites (tertiary alicyclic amines) is 2. The van der Waals surface area contributed by atoms with Crippen LogP contribution in [0.25, 0.3) is 0 Å². The van der Waals surface area contributed by atoms with Crippen LogP contribution in [-0.4, -0.2) is 60.3 Å². The molecule has 0 aromatic heterocycles. The fourth-order valence-corrected chi connectivity index (χ4v) is 7.18. The van der Waals surface area contributed by atoms with E-state index in [0.717, 1.165) is 69.3 Å². The van der Waals surface area contributed by atoms with Crippen LogP contribution in [0.15, 0.2) is 59.1 Å². The molecule has 0 radical (unpaired) electrons. The first-order chi connectivity index (χ1) is 17.5. The number of hydrogen-bond donors (Lipinski definition) is 1. The van der Waals surface area contributed by atoms with Crippen LogP contribution in [0, 0.1) is 17.3 Å². The Morgan fingerprint density at radius 1 is 0.972 bits per heavy atom. The molecule has 4 aliphatic rings. The van der Waals surface area contributed by atoms with Crippen molar-refractivity contribution >= 4 is 27.6 Å². The number of carbonyl (C=O) groups is 2. The average molecular weight is 551 g/mol. The Kier molecular flexibility index (Phi) is 6.78. The van der Waals surface area contributed by atoms with Gasteiger partial charge in [0.05, 0.1) is 11.5 Å². The summed E-state index contributed by atoms with van der Waals surface area (Å²) in [5.74, 6) is 1.68. The first-order valence-corrected chi connectivity index (χ1v) is 14.4. The molecule has 36 heavy (non-hydrogen) atoms. The number of Topliss-reactive ketones (excluding diaryl/α,β-unsaturated/α-hetero) is 1. The molecule has 5 nitrogen and oxygen atoms in total. The highest BCUT2D eigenvalue weighted by Gasteiger charge is 2.51. The molecule has 6 rings (SSSR count). The molecule has 0 bridgehead atoms. The molecule has 1 amide bonds. The number of rotatable bonds is 7. The zero-order chi connectivity index (χ0) is 24.7. The number of ketones is 1.